The molecule has 7 aromatic rings. The minimum Gasteiger partial charge on any atom is -0.492 e. The minimum atomic E-state index is -0.346. The van der Waals surface area contributed by atoms with E-state index >= 15 is 0 Å². The van der Waals surface area contributed by atoms with Crippen LogP contribution in [-0.4, -0.2) is 61.3 Å². The van der Waals surface area contributed by atoms with Crippen molar-refractivity contribution < 1.29 is 13.9 Å². The van der Waals surface area contributed by atoms with Gasteiger partial charge < -0.3 is 14.5 Å². The number of nitrogens with zero attached hydrogens (tertiary/aromatic N) is 5. The molecule has 1 saturated heterocycles. The first kappa shape index (κ1) is 28.8. The van der Waals surface area contributed by atoms with E-state index in [1.54, 1.807) is 24.8 Å². The summed E-state index contributed by atoms with van der Waals surface area (Å²) in [5.41, 5.74) is 7.19. The lowest BCUT2D eigenvalue weighted by Gasteiger charge is -2.15. The van der Waals surface area contributed by atoms with Crippen molar-refractivity contribution in [3.63, 3.8) is 0 Å². The standard InChI is InChI=1S/C37H32FN7O2/c38-27-14-25(15-28(17-27)46-13-12-45-10-4-5-11-45)30-8-9-40-37-31(30)18-34(42-37)36-32-19-33(41-22-35(32)43-44-36)26-16-29(21-39-20-26)47-23-24-6-2-1-3-7-24/h1-3,6-9,14-22H,4-5,10-13,23H2,(H,40,42)(H,43,44). The third kappa shape index (κ3) is 6.15. The molecule has 234 valence electrons. The molecule has 1 aliphatic heterocycles. The first-order chi connectivity index (χ1) is 23.2. The Hall–Kier alpha value is -5.61. The van der Waals surface area contributed by atoms with Gasteiger partial charge in [0.05, 0.1) is 29.3 Å². The molecule has 9 nitrogen and oxygen atoms in total. The smallest absolute Gasteiger partial charge is 0.138 e. The van der Waals surface area contributed by atoms with Crippen molar-refractivity contribution in [2.45, 2.75) is 19.4 Å². The predicted octanol–water partition coefficient (Wildman–Crippen LogP) is 7.42. The fourth-order valence-electron chi connectivity index (χ4n) is 6.17. The highest BCUT2D eigenvalue weighted by molar-refractivity contribution is 6.00. The van der Waals surface area contributed by atoms with Gasteiger partial charge in [-0.2, -0.15) is 5.10 Å². The van der Waals surface area contributed by atoms with Gasteiger partial charge in [-0.1, -0.05) is 30.3 Å². The van der Waals surface area contributed by atoms with Gasteiger partial charge in [0, 0.05) is 41.3 Å². The summed E-state index contributed by atoms with van der Waals surface area (Å²) < 4.78 is 26.8. The zero-order valence-electron chi connectivity index (χ0n) is 25.6. The third-order valence-electron chi connectivity index (χ3n) is 8.55. The zero-order chi connectivity index (χ0) is 31.6. The molecule has 5 aromatic heterocycles. The van der Waals surface area contributed by atoms with Gasteiger partial charge in [0.15, 0.2) is 0 Å². The Labute approximate surface area is 270 Å². The van der Waals surface area contributed by atoms with Crippen LogP contribution in [0.2, 0.25) is 0 Å². The van der Waals surface area contributed by atoms with Crippen LogP contribution >= 0.6 is 0 Å². The molecule has 0 amide bonds. The maximum Gasteiger partial charge on any atom is 0.138 e. The number of likely N-dealkylation sites (tertiary alicyclic amines) is 1. The van der Waals surface area contributed by atoms with Gasteiger partial charge >= 0.3 is 0 Å². The number of fused-ring (bicyclic) bond motifs is 2. The number of rotatable bonds is 10. The Balaban J connectivity index is 1.08. The fraction of sp³-hybridized carbons (Fsp3) is 0.189. The van der Waals surface area contributed by atoms with E-state index in [0.717, 1.165) is 75.3 Å². The largest absolute Gasteiger partial charge is 0.492 e. The lowest BCUT2D eigenvalue weighted by molar-refractivity contribution is 0.237. The van der Waals surface area contributed by atoms with Crippen molar-refractivity contribution in [2.24, 2.45) is 0 Å². The summed E-state index contributed by atoms with van der Waals surface area (Å²) in [6, 6.07) is 22.7. The number of nitrogens with one attached hydrogen (secondary N) is 2. The normalized spacial score (nSPS) is 13.5. The van der Waals surface area contributed by atoms with Gasteiger partial charge in [-0.3, -0.25) is 20.0 Å². The molecule has 0 spiro atoms. The Morgan fingerprint density at radius 1 is 0.809 bits per heavy atom. The first-order valence-corrected chi connectivity index (χ1v) is 15.8. The first-order valence-electron chi connectivity index (χ1n) is 15.8. The fourth-order valence-corrected chi connectivity index (χ4v) is 6.17. The van der Waals surface area contributed by atoms with Crippen LogP contribution in [0, 0.1) is 5.82 Å². The lowest BCUT2D eigenvalue weighted by Crippen LogP contribution is -2.25. The Bertz CT molecular complexity index is 2170. The second-order valence-electron chi connectivity index (χ2n) is 11.7. The molecule has 47 heavy (non-hydrogen) atoms. The molecule has 8 rings (SSSR count). The van der Waals surface area contributed by atoms with Crippen molar-refractivity contribution in [3.05, 3.63) is 109 Å². The molecule has 0 atom stereocenters. The molecule has 0 radical (unpaired) electrons. The van der Waals surface area contributed by atoms with Crippen molar-refractivity contribution in [1.82, 2.24) is 35.0 Å². The van der Waals surface area contributed by atoms with Crippen molar-refractivity contribution in [3.8, 4) is 45.3 Å². The number of hydrogen-bond donors (Lipinski definition) is 2. The summed E-state index contributed by atoms with van der Waals surface area (Å²) in [6.45, 7) is 4.00. The van der Waals surface area contributed by atoms with Gasteiger partial charge in [-0.25, -0.2) is 9.37 Å². The molecule has 1 fully saturated rings. The van der Waals surface area contributed by atoms with Gasteiger partial charge in [-0.15, -0.1) is 0 Å². The number of H-pyrrole nitrogens is 2. The Morgan fingerprint density at radius 2 is 1.68 bits per heavy atom. The lowest BCUT2D eigenvalue weighted by atomic mass is 10.0. The second-order valence-corrected chi connectivity index (χ2v) is 11.7. The summed E-state index contributed by atoms with van der Waals surface area (Å²) in [7, 11) is 0. The van der Waals surface area contributed by atoms with Crippen molar-refractivity contribution in [1.29, 1.82) is 0 Å². The third-order valence-corrected chi connectivity index (χ3v) is 8.55. The van der Waals surface area contributed by atoms with Crippen LogP contribution in [0.4, 0.5) is 4.39 Å². The van der Waals surface area contributed by atoms with Gasteiger partial charge in [-0.05, 0) is 79.0 Å². The van der Waals surface area contributed by atoms with Gasteiger partial charge in [0.1, 0.15) is 41.9 Å². The molecule has 0 saturated carbocycles. The molecule has 2 N–H and O–H groups in total. The topological polar surface area (TPSA) is 105 Å². The van der Waals surface area contributed by atoms with E-state index in [1.165, 1.54) is 25.0 Å². The van der Waals surface area contributed by atoms with E-state index < -0.39 is 0 Å². The summed E-state index contributed by atoms with van der Waals surface area (Å²) in [5, 5.41) is 9.47. The number of benzene rings is 2. The monoisotopic (exact) mass is 625 g/mol. The highest BCUT2D eigenvalue weighted by Gasteiger charge is 2.17. The Kier molecular flexibility index (Phi) is 7.76. The zero-order valence-corrected chi connectivity index (χ0v) is 25.6. The summed E-state index contributed by atoms with van der Waals surface area (Å²) >= 11 is 0. The number of halogens is 1. The number of hydrogen-bond acceptors (Lipinski definition) is 7. The SMILES string of the molecule is Fc1cc(OCCN2CCCC2)cc(-c2ccnc3[nH]c(-c4n[nH]c5cnc(-c6cncc(OCc7ccccc7)c6)cc45)cc23)c1. The van der Waals surface area contributed by atoms with E-state index in [0.29, 0.717) is 30.4 Å². The number of pyridine rings is 3. The number of aromatic amines is 2. The number of ether oxygens (including phenoxy) is 2. The molecule has 10 heteroatoms. The maximum atomic E-state index is 14.8. The molecule has 6 heterocycles. The van der Waals surface area contributed by atoms with Crippen LogP contribution in [0.1, 0.15) is 18.4 Å². The molecule has 1 aliphatic rings. The highest BCUT2D eigenvalue weighted by atomic mass is 19.1. The minimum absolute atomic E-state index is 0.346. The second kappa shape index (κ2) is 12.6. The van der Waals surface area contributed by atoms with Crippen LogP contribution < -0.4 is 9.47 Å². The van der Waals surface area contributed by atoms with Crippen LogP contribution in [0.3, 0.4) is 0 Å². The predicted molar refractivity (Wildman–Crippen MR) is 180 cm³/mol. The van der Waals surface area contributed by atoms with E-state index in [9.17, 15) is 4.39 Å². The van der Waals surface area contributed by atoms with Crippen LogP contribution in [0.15, 0.2) is 97.6 Å². The molecular formula is C37H32FN7O2. The maximum absolute atomic E-state index is 14.8. The summed E-state index contributed by atoms with van der Waals surface area (Å²) in [6.07, 6.45) is 9.41. The molecular weight excluding hydrogens is 593 g/mol. The van der Waals surface area contributed by atoms with E-state index in [1.807, 2.05) is 60.7 Å². The number of aromatic nitrogens is 6. The average molecular weight is 626 g/mol. The summed E-state index contributed by atoms with van der Waals surface area (Å²) in [4.78, 5) is 19.4. The van der Waals surface area contributed by atoms with Crippen LogP contribution in [0.5, 0.6) is 11.5 Å². The quantitative estimate of drug-likeness (QED) is 0.163. The molecule has 0 aliphatic carbocycles. The summed E-state index contributed by atoms with van der Waals surface area (Å²) in [5.74, 6) is 0.830. The van der Waals surface area contributed by atoms with Crippen LogP contribution in [0.25, 0.3) is 55.7 Å². The van der Waals surface area contributed by atoms with Crippen molar-refractivity contribution >= 4 is 21.9 Å². The Morgan fingerprint density at radius 3 is 2.57 bits per heavy atom. The molecule has 0 bridgehead atoms. The average Bonchev–Trinajstić information content (AvgIpc) is 3.87. The van der Waals surface area contributed by atoms with Gasteiger partial charge in [0.2, 0.25) is 0 Å². The molecule has 0 unspecified atom stereocenters. The van der Waals surface area contributed by atoms with Gasteiger partial charge in [0.25, 0.3) is 0 Å². The molecule has 2 aromatic carbocycles. The van der Waals surface area contributed by atoms with Crippen LogP contribution in [-0.2, 0) is 6.61 Å². The van der Waals surface area contributed by atoms with E-state index in [-0.39, 0.29) is 5.82 Å². The van der Waals surface area contributed by atoms with E-state index in [4.69, 9.17) is 9.47 Å². The van der Waals surface area contributed by atoms with Crippen molar-refractivity contribution in [2.75, 3.05) is 26.2 Å². The highest BCUT2D eigenvalue weighted by Crippen LogP contribution is 2.35. The van der Waals surface area contributed by atoms with E-state index in [2.05, 4.69) is 35.0 Å².